The van der Waals surface area contributed by atoms with E-state index in [0.717, 1.165) is 18.4 Å². The highest BCUT2D eigenvalue weighted by atomic mass is 16.7. The Hall–Kier alpha value is -1.47. The van der Waals surface area contributed by atoms with Crippen LogP contribution >= 0.6 is 0 Å². The minimum absolute atomic E-state index is 0.00727. The van der Waals surface area contributed by atoms with E-state index in [0.29, 0.717) is 31.1 Å². The number of hydrogen-bond acceptors (Lipinski definition) is 6. The Kier molecular flexibility index (Phi) is 7.79. The van der Waals surface area contributed by atoms with Crippen molar-refractivity contribution in [2.45, 2.75) is 71.5 Å². The standard InChI is InChI=1S/C21H33NO5/c1-6-25-18(26-7-2)9-8-12-22-19-16-13-15(14(3)23)10-11-17(16)27-21(4,5)20(19)24/h10-11,13,18-20,22,24H,6-9,12H2,1-5H3/t19-,20+/m0/s1. The number of fused-ring (bicyclic) bond motifs is 1. The number of ether oxygens (including phenoxy) is 3. The van der Waals surface area contributed by atoms with Gasteiger partial charge in [-0.15, -0.1) is 0 Å². The topological polar surface area (TPSA) is 77.0 Å². The lowest BCUT2D eigenvalue weighted by Crippen LogP contribution is -2.52. The third kappa shape index (κ3) is 5.51. The summed E-state index contributed by atoms with van der Waals surface area (Å²) >= 11 is 0. The average Bonchev–Trinajstić information content (AvgIpc) is 2.61. The van der Waals surface area contributed by atoms with E-state index in [1.807, 2.05) is 39.8 Å². The van der Waals surface area contributed by atoms with Crippen LogP contribution < -0.4 is 10.1 Å². The van der Waals surface area contributed by atoms with Crippen molar-refractivity contribution in [3.63, 3.8) is 0 Å². The van der Waals surface area contributed by atoms with Crippen LogP contribution in [0.3, 0.4) is 0 Å². The number of carbonyl (C=O) groups excluding carboxylic acids is 1. The highest BCUT2D eigenvalue weighted by molar-refractivity contribution is 5.94. The minimum atomic E-state index is -0.734. The molecule has 27 heavy (non-hydrogen) atoms. The second-order valence-electron chi connectivity index (χ2n) is 7.37. The van der Waals surface area contributed by atoms with Crippen LogP contribution in [0.2, 0.25) is 0 Å². The molecule has 0 saturated carbocycles. The van der Waals surface area contributed by atoms with E-state index in [2.05, 4.69) is 5.32 Å². The maximum atomic E-state index is 11.8. The Morgan fingerprint density at radius 3 is 2.56 bits per heavy atom. The van der Waals surface area contributed by atoms with Crippen molar-refractivity contribution in [2.24, 2.45) is 0 Å². The van der Waals surface area contributed by atoms with E-state index < -0.39 is 11.7 Å². The Balaban J connectivity index is 2.08. The molecule has 2 N–H and O–H groups in total. The second kappa shape index (κ2) is 9.64. The van der Waals surface area contributed by atoms with Crippen molar-refractivity contribution >= 4 is 5.78 Å². The zero-order valence-corrected chi connectivity index (χ0v) is 17.1. The quantitative estimate of drug-likeness (QED) is 0.369. The van der Waals surface area contributed by atoms with E-state index in [4.69, 9.17) is 14.2 Å². The van der Waals surface area contributed by atoms with E-state index in [-0.39, 0.29) is 18.1 Å². The maximum Gasteiger partial charge on any atom is 0.159 e. The molecular weight excluding hydrogens is 346 g/mol. The van der Waals surface area contributed by atoms with Crippen LogP contribution in [0.5, 0.6) is 5.75 Å². The van der Waals surface area contributed by atoms with Gasteiger partial charge in [-0.1, -0.05) is 0 Å². The van der Waals surface area contributed by atoms with E-state index in [9.17, 15) is 9.90 Å². The lowest BCUT2D eigenvalue weighted by Gasteiger charge is -2.42. The van der Waals surface area contributed by atoms with Gasteiger partial charge in [0.1, 0.15) is 17.5 Å². The molecule has 0 bridgehead atoms. The first-order valence-electron chi connectivity index (χ1n) is 9.78. The summed E-state index contributed by atoms with van der Waals surface area (Å²) < 4.78 is 17.1. The zero-order valence-electron chi connectivity index (χ0n) is 17.1. The number of hydrogen-bond donors (Lipinski definition) is 2. The van der Waals surface area contributed by atoms with E-state index in [1.54, 1.807) is 6.07 Å². The molecule has 0 radical (unpaired) electrons. The first kappa shape index (κ1) is 21.8. The van der Waals surface area contributed by atoms with Gasteiger partial charge in [-0.25, -0.2) is 0 Å². The molecule has 0 amide bonds. The normalized spacial score (nSPS) is 21.0. The Labute approximate surface area is 162 Å². The van der Waals surface area contributed by atoms with Gasteiger partial charge >= 0.3 is 0 Å². The van der Waals surface area contributed by atoms with Crippen LogP contribution in [0.25, 0.3) is 0 Å². The van der Waals surface area contributed by atoms with E-state index >= 15 is 0 Å². The molecule has 0 spiro atoms. The maximum absolute atomic E-state index is 11.8. The van der Waals surface area contributed by atoms with Crippen molar-refractivity contribution in [1.29, 1.82) is 0 Å². The summed E-state index contributed by atoms with van der Waals surface area (Å²) in [7, 11) is 0. The fourth-order valence-corrected chi connectivity index (χ4v) is 3.35. The van der Waals surface area contributed by atoms with Gasteiger partial charge in [0.2, 0.25) is 0 Å². The zero-order chi connectivity index (χ0) is 20.0. The average molecular weight is 379 g/mol. The summed E-state index contributed by atoms with van der Waals surface area (Å²) in [6.07, 6.45) is 0.686. The Bertz CT molecular complexity index is 625. The van der Waals surface area contributed by atoms with Crippen molar-refractivity contribution < 1.29 is 24.1 Å². The summed E-state index contributed by atoms with van der Waals surface area (Å²) in [6, 6.07) is 5.09. The molecular formula is C21H33NO5. The van der Waals surface area contributed by atoms with Crippen molar-refractivity contribution in [3.8, 4) is 5.75 Å². The molecule has 2 atom stereocenters. The first-order chi connectivity index (χ1) is 12.8. The van der Waals surface area contributed by atoms with Gasteiger partial charge in [-0.3, -0.25) is 4.79 Å². The van der Waals surface area contributed by atoms with Crippen LogP contribution in [0.15, 0.2) is 18.2 Å². The first-order valence-corrected chi connectivity index (χ1v) is 9.78. The molecule has 0 unspecified atom stereocenters. The third-order valence-corrected chi connectivity index (χ3v) is 4.84. The fourth-order valence-electron chi connectivity index (χ4n) is 3.35. The number of Topliss-reactive ketones (excluding diaryl/α,β-unsaturated/α-hetero) is 1. The van der Waals surface area contributed by atoms with Gasteiger partial charge in [-0.2, -0.15) is 0 Å². The van der Waals surface area contributed by atoms with Gasteiger partial charge in [0, 0.05) is 24.3 Å². The molecule has 1 aromatic carbocycles. The number of aliphatic hydroxyl groups is 1. The smallest absolute Gasteiger partial charge is 0.159 e. The Morgan fingerprint density at radius 2 is 1.96 bits per heavy atom. The highest BCUT2D eigenvalue weighted by Gasteiger charge is 2.42. The number of nitrogens with one attached hydrogen (secondary N) is 1. The van der Waals surface area contributed by atoms with Crippen LogP contribution in [0.4, 0.5) is 0 Å². The molecule has 0 aromatic heterocycles. The number of carbonyl (C=O) groups is 1. The molecule has 0 fully saturated rings. The molecule has 2 rings (SSSR count). The molecule has 6 heteroatoms. The SMILES string of the molecule is CCOC(CCCN[C@H]1c2cc(C(C)=O)ccc2OC(C)(C)[C@@H]1O)OCC. The minimum Gasteiger partial charge on any atom is -0.485 e. The summed E-state index contributed by atoms with van der Waals surface area (Å²) in [5.74, 6) is 0.696. The van der Waals surface area contributed by atoms with Gasteiger partial charge in [0.05, 0.1) is 6.04 Å². The summed E-state index contributed by atoms with van der Waals surface area (Å²) in [6.45, 7) is 11.1. The van der Waals surface area contributed by atoms with Gasteiger partial charge in [0.15, 0.2) is 12.1 Å². The monoisotopic (exact) mass is 379 g/mol. The molecule has 152 valence electrons. The molecule has 6 nitrogen and oxygen atoms in total. The second-order valence-corrected chi connectivity index (χ2v) is 7.37. The largest absolute Gasteiger partial charge is 0.485 e. The lowest BCUT2D eigenvalue weighted by atomic mass is 9.85. The highest BCUT2D eigenvalue weighted by Crippen LogP contribution is 2.40. The molecule has 1 heterocycles. The van der Waals surface area contributed by atoms with Gasteiger partial charge in [-0.05, 0) is 72.2 Å². The van der Waals surface area contributed by atoms with Crippen LogP contribution in [0.1, 0.15) is 69.4 Å². The third-order valence-electron chi connectivity index (χ3n) is 4.84. The number of ketones is 1. The predicted molar refractivity (Wildman–Crippen MR) is 104 cm³/mol. The van der Waals surface area contributed by atoms with Crippen molar-refractivity contribution in [1.82, 2.24) is 5.32 Å². The number of aliphatic hydroxyl groups excluding tert-OH is 1. The Morgan fingerprint density at radius 1 is 1.30 bits per heavy atom. The van der Waals surface area contributed by atoms with Crippen LogP contribution in [0, 0.1) is 0 Å². The van der Waals surface area contributed by atoms with E-state index in [1.165, 1.54) is 6.92 Å². The number of benzene rings is 1. The fraction of sp³-hybridized carbons (Fsp3) is 0.667. The van der Waals surface area contributed by atoms with Gasteiger partial charge in [0.25, 0.3) is 0 Å². The molecule has 1 aromatic rings. The molecule has 0 saturated heterocycles. The summed E-state index contributed by atoms with van der Waals surface area (Å²) in [4.78, 5) is 11.8. The molecule has 0 aliphatic carbocycles. The summed E-state index contributed by atoms with van der Waals surface area (Å²) in [5, 5.41) is 14.3. The van der Waals surface area contributed by atoms with Gasteiger partial charge < -0.3 is 24.6 Å². The van der Waals surface area contributed by atoms with Crippen molar-refractivity contribution in [3.05, 3.63) is 29.3 Å². The lowest BCUT2D eigenvalue weighted by molar-refractivity contribution is -0.140. The predicted octanol–water partition coefficient (Wildman–Crippen LogP) is 3.23. The van der Waals surface area contributed by atoms with Crippen molar-refractivity contribution in [2.75, 3.05) is 19.8 Å². The van der Waals surface area contributed by atoms with Crippen LogP contribution in [-0.2, 0) is 9.47 Å². The van der Waals surface area contributed by atoms with Crippen LogP contribution in [-0.4, -0.2) is 48.6 Å². The molecule has 1 aliphatic rings. The number of rotatable bonds is 10. The summed E-state index contributed by atoms with van der Waals surface area (Å²) in [5.41, 5.74) is 0.714. The molecule has 1 aliphatic heterocycles.